The highest BCUT2D eigenvalue weighted by Crippen LogP contribution is 2.10. The summed E-state index contributed by atoms with van der Waals surface area (Å²) in [4.78, 5) is 2.39. The van der Waals surface area contributed by atoms with Crippen LogP contribution < -0.4 is 4.83 Å². The summed E-state index contributed by atoms with van der Waals surface area (Å²) >= 11 is 0. The third kappa shape index (κ3) is 2.41. The summed E-state index contributed by atoms with van der Waals surface area (Å²) in [6, 6.07) is 0. The third-order valence-electron chi connectivity index (χ3n) is 1.70. The fraction of sp³-hybridized carbons (Fsp3) is 1.00. The molecule has 5 nitrogen and oxygen atoms in total. The van der Waals surface area contributed by atoms with Crippen molar-refractivity contribution in [2.45, 2.75) is 12.8 Å². The monoisotopic (exact) mass is 193 g/mol. The van der Waals surface area contributed by atoms with Gasteiger partial charge < -0.3 is 0 Å². The van der Waals surface area contributed by atoms with E-state index in [9.17, 15) is 8.42 Å². The van der Waals surface area contributed by atoms with Crippen molar-refractivity contribution >= 4 is 10.2 Å². The Bertz CT molecular complexity index is 231. The largest absolute Gasteiger partial charge is 0.292 e. The van der Waals surface area contributed by atoms with Gasteiger partial charge in [-0.05, 0) is 12.8 Å². The van der Waals surface area contributed by atoms with Gasteiger partial charge in [-0.15, -0.1) is 4.83 Å². The zero-order chi connectivity index (χ0) is 9.19. The van der Waals surface area contributed by atoms with Gasteiger partial charge in [-0.25, -0.2) is 5.01 Å². The number of nitrogens with zero attached hydrogens (tertiary/aromatic N) is 2. The lowest BCUT2D eigenvalue weighted by atomic mass is 10.4. The molecule has 0 atom stereocenters. The van der Waals surface area contributed by atoms with E-state index >= 15 is 0 Å². The van der Waals surface area contributed by atoms with Crippen molar-refractivity contribution in [3.05, 3.63) is 0 Å². The van der Waals surface area contributed by atoms with E-state index in [0.717, 1.165) is 12.8 Å². The molecule has 0 aliphatic carbocycles. The molecule has 1 saturated heterocycles. The van der Waals surface area contributed by atoms with E-state index in [1.54, 1.807) is 14.1 Å². The van der Waals surface area contributed by atoms with E-state index < -0.39 is 10.2 Å². The molecule has 12 heavy (non-hydrogen) atoms. The third-order valence-corrected chi connectivity index (χ3v) is 3.34. The summed E-state index contributed by atoms with van der Waals surface area (Å²) in [5, 5.41) is 1.44. The molecule has 1 fully saturated rings. The maximum Gasteiger partial charge on any atom is 0.292 e. The molecule has 1 N–H and O–H groups in total. The molecule has 0 amide bonds. The molecule has 1 aliphatic rings. The van der Waals surface area contributed by atoms with Crippen LogP contribution in [0.2, 0.25) is 0 Å². The zero-order valence-corrected chi connectivity index (χ0v) is 8.26. The van der Waals surface area contributed by atoms with Crippen LogP contribution in [0.5, 0.6) is 0 Å². The molecular weight excluding hydrogens is 178 g/mol. The van der Waals surface area contributed by atoms with Crippen molar-refractivity contribution in [1.82, 2.24) is 14.1 Å². The Balaban J connectivity index is 2.58. The number of hydrogen-bond acceptors (Lipinski definition) is 3. The van der Waals surface area contributed by atoms with Gasteiger partial charge >= 0.3 is 0 Å². The van der Waals surface area contributed by atoms with E-state index in [-0.39, 0.29) is 0 Å². The van der Waals surface area contributed by atoms with Gasteiger partial charge in [0, 0.05) is 27.2 Å². The predicted molar refractivity (Wildman–Crippen MR) is 46.5 cm³/mol. The Hall–Kier alpha value is -0.170. The molecule has 0 aromatic heterocycles. The SMILES string of the molecule is CN(C)NS(=O)(=O)N1CCCC1. The second-order valence-corrected chi connectivity index (χ2v) is 4.75. The molecule has 0 spiro atoms. The van der Waals surface area contributed by atoms with Crippen molar-refractivity contribution in [3.8, 4) is 0 Å². The molecule has 0 aromatic carbocycles. The number of hydrazine groups is 1. The quantitative estimate of drug-likeness (QED) is 0.609. The predicted octanol–water partition coefficient (Wildman–Crippen LogP) is -0.607. The van der Waals surface area contributed by atoms with Gasteiger partial charge in [-0.3, -0.25) is 0 Å². The van der Waals surface area contributed by atoms with Gasteiger partial charge in [-0.1, -0.05) is 0 Å². The summed E-state index contributed by atoms with van der Waals surface area (Å²) in [5.41, 5.74) is 0. The average molecular weight is 193 g/mol. The van der Waals surface area contributed by atoms with Crippen LogP contribution in [0.1, 0.15) is 12.8 Å². The minimum atomic E-state index is -3.25. The number of nitrogens with one attached hydrogen (secondary N) is 1. The molecule has 1 heterocycles. The first kappa shape index (κ1) is 9.91. The van der Waals surface area contributed by atoms with Crippen LogP contribution in [-0.2, 0) is 10.2 Å². The lowest BCUT2D eigenvalue weighted by Gasteiger charge is -2.19. The van der Waals surface area contributed by atoms with Crippen molar-refractivity contribution < 1.29 is 8.42 Å². The smallest absolute Gasteiger partial charge is 0.236 e. The topological polar surface area (TPSA) is 52.7 Å². The van der Waals surface area contributed by atoms with Crippen LogP contribution in [0.3, 0.4) is 0 Å². The van der Waals surface area contributed by atoms with E-state index in [1.807, 2.05) is 0 Å². The Kier molecular flexibility index (Phi) is 3.05. The van der Waals surface area contributed by atoms with Gasteiger partial charge in [0.2, 0.25) is 0 Å². The first-order valence-electron chi connectivity index (χ1n) is 3.97. The maximum absolute atomic E-state index is 11.4. The molecule has 72 valence electrons. The molecule has 1 rings (SSSR count). The second kappa shape index (κ2) is 3.69. The molecule has 0 unspecified atom stereocenters. The normalized spacial score (nSPS) is 20.6. The van der Waals surface area contributed by atoms with E-state index in [1.165, 1.54) is 9.31 Å². The molecule has 0 saturated carbocycles. The maximum atomic E-state index is 11.4. The van der Waals surface area contributed by atoms with Crippen LogP contribution in [0, 0.1) is 0 Å². The van der Waals surface area contributed by atoms with Crippen molar-refractivity contribution in [2.75, 3.05) is 27.2 Å². The Morgan fingerprint density at radius 2 is 1.75 bits per heavy atom. The van der Waals surface area contributed by atoms with Crippen LogP contribution in [-0.4, -0.2) is 44.9 Å². The molecular formula is C6H15N3O2S. The molecule has 0 radical (unpaired) electrons. The van der Waals surface area contributed by atoms with Gasteiger partial charge in [0.25, 0.3) is 10.2 Å². The lowest BCUT2D eigenvalue weighted by molar-refractivity contribution is 0.341. The zero-order valence-electron chi connectivity index (χ0n) is 7.45. The molecule has 0 bridgehead atoms. The Morgan fingerprint density at radius 3 is 2.17 bits per heavy atom. The first-order valence-corrected chi connectivity index (χ1v) is 5.41. The average Bonchev–Trinajstić information content (AvgIpc) is 2.32. The van der Waals surface area contributed by atoms with E-state index in [2.05, 4.69) is 4.83 Å². The second-order valence-electron chi connectivity index (χ2n) is 3.10. The van der Waals surface area contributed by atoms with Gasteiger partial charge in [0.1, 0.15) is 0 Å². The van der Waals surface area contributed by atoms with Gasteiger partial charge in [0.15, 0.2) is 0 Å². The van der Waals surface area contributed by atoms with Crippen molar-refractivity contribution in [3.63, 3.8) is 0 Å². The summed E-state index contributed by atoms with van der Waals surface area (Å²) in [5.74, 6) is 0. The highest BCUT2D eigenvalue weighted by molar-refractivity contribution is 7.87. The fourth-order valence-corrected chi connectivity index (χ4v) is 2.53. The molecule has 6 heteroatoms. The van der Waals surface area contributed by atoms with Gasteiger partial charge in [0.05, 0.1) is 0 Å². The number of rotatable bonds is 3. The minimum absolute atomic E-state index is 0.642. The summed E-state index contributed by atoms with van der Waals surface area (Å²) in [6.07, 6.45) is 1.93. The lowest BCUT2D eigenvalue weighted by Crippen LogP contribution is -2.45. The minimum Gasteiger partial charge on any atom is -0.236 e. The van der Waals surface area contributed by atoms with Crippen LogP contribution >= 0.6 is 0 Å². The summed E-state index contributed by atoms with van der Waals surface area (Å²) < 4.78 is 24.3. The molecule has 1 aliphatic heterocycles. The Labute approximate surface area is 73.5 Å². The standard InChI is InChI=1S/C6H15N3O2S/c1-8(2)7-12(10,11)9-5-3-4-6-9/h7H,3-6H2,1-2H3. The van der Waals surface area contributed by atoms with E-state index in [0.29, 0.717) is 13.1 Å². The molecule has 0 aromatic rings. The number of hydrogen-bond donors (Lipinski definition) is 1. The highest BCUT2D eigenvalue weighted by Gasteiger charge is 2.25. The Morgan fingerprint density at radius 1 is 1.25 bits per heavy atom. The van der Waals surface area contributed by atoms with Crippen molar-refractivity contribution in [2.24, 2.45) is 0 Å². The van der Waals surface area contributed by atoms with Crippen LogP contribution in [0.25, 0.3) is 0 Å². The van der Waals surface area contributed by atoms with E-state index in [4.69, 9.17) is 0 Å². The highest BCUT2D eigenvalue weighted by atomic mass is 32.2. The van der Waals surface area contributed by atoms with Gasteiger partial charge in [-0.2, -0.15) is 12.7 Å². The summed E-state index contributed by atoms with van der Waals surface area (Å²) in [7, 11) is 0.0707. The summed E-state index contributed by atoms with van der Waals surface area (Å²) in [6.45, 7) is 1.28. The first-order chi connectivity index (χ1) is 5.52. The van der Waals surface area contributed by atoms with Crippen LogP contribution in [0.4, 0.5) is 0 Å². The van der Waals surface area contributed by atoms with Crippen molar-refractivity contribution in [1.29, 1.82) is 0 Å². The fourth-order valence-electron chi connectivity index (χ4n) is 1.22. The van der Waals surface area contributed by atoms with Crippen LogP contribution in [0.15, 0.2) is 0 Å².